The molecule has 4 nitrogen and oxygen atoms in total. The quantitative estimate of drug-likeness (QED) is 0.300. The Balaban J connectivity index is 1.42. The average Bonchev–Trinajstić information content (AvgIpc) is 3.27. The van der Waals surface area contributed by atoms with E-state index in [4.69, 9.17) is 4.98 Å². The second-order valence-electron chi connectivity index (χ2n) is 8.01. The Bertz CT molecular complexity index is 1380. The first-order valence-corrected chi connectivity index (χ1v) is 11.7. The van der Waals surface area contributed by atoms with Crippen LogP contribution < -0.4 is 4.90 Å². The van der Waals surface area contributed by atoms with Crippen molar-refractivity contribution in [2.24, 2.45) is 0 Å². The summed E-state index contributed by atoms with van der Waals surface area (Å²) >= 11 is 1.54. The maximum absolute atomic E-state index is 13.5. The van der Waals surface area contributed by atoms with Crippen molar-refractivity contribution in [2.75, 3.05) is 4.90 Å². The van der Waals surface area contributed by atoms with Crippen LogP contribution >= 0.6 is 11.3 Å². The summed E-state index contributed by atoms with van der Waals surface area (Å²) in [5.74, 6) is 0.00360. The number of thiazole rings is 1. The standard InChI is InChI=1S/C28H23N3OS/c1-20-10-15-25-26(17-20)33-28(30-25)31(19-24-9-5-6-16-29-24)27(32)18-21-11-13-23(14-12-21)22-7-3-2-4-8-22/h2-17H,18-19H2,1H3. The number of hydrogen-bond acceptors (Lipinski definition) is 4. The van der Waals surface area contributed by atoms with Gasteiger partial charge in [0, 0.05) is 6.20 Å². The lowest BCUT2D eigenvalue weighted by molar-refractivity contribution is -0.118. The first-order valence-electron chi connectivity index (χ1n) is 10.9. The molecule has 0 radical (unpaired) electrons. The van der Waals surface area contributed by atoms with Gasteiger partial charge in [-0.3, -0.25) is 14.7 Å². The molecule has 5 rings (SSSR count). The van der Waals surface area contributed by atoms with Crippen LogP contribution in [0.2, 0.25) is 0 Å². The van der Waals surface area contributed by atoms with Crippen LogP contribution in [0.5, 0.6) is 0 Å². The van der Waals surface area contributed by atoms with E-state index in [0.717, 1.165) is 32.6 Å². The molecule has 0 aliphatic heterocycles. The number of carbonyl (C=O) groups excluding carboxylic acids is 1. The summed E-state index contributed by atoms with van der Waals surface area (Å²) in [4.78, 5) is 24.4. The van der Waals surface area contributed by atoms with Crippen molar-refractivity contribution < 1.29 is 4.79 Å². The van der Waals surface area contributed by atoms with Crippen molar-refractivity contribution in [1.29, 1.82) is 0 Å². The molecular formula is C28H23N3OS. The summed E-state index contributed by atoms with van der Waals surface area (Å²) in [6.07, 6.45) is 2.05. The van der Waals surface area contributed by atoms with Crippen LogP contribution in [0, 0.1) is 6.92 Å². The van der Waals surface area contributed by atoms with Gasteiger partial charge in [-0.2, -0.15) is 0 Å². The highest BCUT2D eigenvalue weighted by Crippen LogP contribution is 2.31. The molecule has 0 aliphatic carbocycles. The molecule has 0 bridgehead atoms. The molecule has 5 aromatic rings. The van der Waals surface area contributed by atoms with E-state index in [0.29, 0.717) is 18.1 Å². The SMILES string of the molecule is Cc1ccc2nc(N(Cc3ccccn3)C(=O)Cc3ccc(-c4ccccc4)cc3)sc2c1. The first-order chi connectivity index (χ1) is 16.2. The molecule has 2 heterocycles. The number of aryl methyl sites for hydroxylation is 1. The lowest BCUT2D eigenvalue weighted by atomic mass is 10.0. The molecule has 33 heavy (non-hydrogen) atoms. The third kappa shape index (κ3) is 4.83. The predicted molar refractivity (Wildman–Crippen MR) is 135 cm³/mol. The van der Waals surface area contributed by atoms with Crippen molar-refractivity contribution in [1.82, 2.24) is 9.97 Å². The smallest absolute Gasteiger partial charge is 0.233 e. The fourth-order valence-electron chi connectivity index (χ4n) is 3.77. The number of anilines is 1. The van der Waals surface area contributed by atoms with Gasteiger partial charge < -0.3 is 0 Å². The summed E-state index contributed by atoms with van der Waals surface area (Å²) in [5.41, 5.74) is 6.20. The Labute approximate surface area is 197 Å². The van der Waals surface area contributed by atoms with E-state index < -0.39 is 0 Å². The van der Waals surface area contributed by atoms with Gasteiger partial charge in [0.15, 0.2) is 5.13 Å². The number of hydrogen-bond donors (Lipinski definition) is 0. The van der Waals surface area contributed by atoms with Gasteiger partial charge in [-0.15, -0.1) is 0 Å². The van der Waals surface area contributed by atoms with Gasteiger partial charge in [-0.05, 0) is 53.4 Å². The van der Waals surface area contributed by atoms with E-state index in [1.165, 1.54) is 5.56 Å². The molecule has 1 amide bonds. The van der Waals surface area contributed by atoms with Crippen LogP contribution in [0.15, 0.2) is 97.2 Å². The molecule has 0 spiro atoms. The Morgan fingerprint density at radius 2 is 1.64 bits per heavy atom. The number of aromatic nitrogens is 2. The largest absolute Gasteiger partial charge is 0.282 e. The molecule has 0 fully saturated rings. The maximum Gasteiger partial charge on any atom is 0.233 e. The summed E-state index contributed by atoms with van der Waals surface area (Å²) in [6, 6.07) is 30.4. The second-order valence-corrected chi connectivity index (χ2v) is 9.02. The molecule has 3 aromatic carbocycles. The molecule has 0 saturated carbocycles. The number of pyridine rings is 1. The zero-order valence-electron chi connectivity index (χ0n) is 18.3. The van der Waals surface area contributed by atoms with E-state index in [1.807, 2.05) is 60.7 Å². The normalized spacial score (nSPS) is 10.9. The van der Waals surface area contributed by atoms with Crippen LogP contribution in [-0.4, -0.2) is 15.9 Å². The van der Waals surface area contributed by atoms with Gasteiger partial charge >= 0.3 is 0 Å². The average molecular weight is 450 g/mol. The molecule has 0 atom stereocenters. The van der Waals surface area contributed by atoms with E-state index >= 15 is 0 Å². The number of benzene rings is 3. The Kier molecular flexibility index (Phi) is 5.96. The number of fused-ring (bicyclic) bond motifs is 1. The molecule has 2 aromatic heterocycles. The van der Waals surface area contributed by atoms with Gasteiger partial charge in [-0.1, -0.05) is 78.1 Å². The number of carbonyl (C=O) groups is 1. The van der Waals surface area contributed by atoms with E-state index in [1.54, 1.807) is 22.4 Å². The maximum atomic E-state index is 13.5. The zero-order chi connectivity index (χ0) is 22.6. The highest BCUT2D eigenvalue weighted by Gasteiger charge is 2.21. The minimum atomic E-state index is 0.00360. The van der Waals surface area contributed by atoms with Gasteiger partial charge in [-0.25, -0.2) is 4.98 Å². The third-order valence-electron chi connectivity index (χ3n) is 5.53. The number of rotatable bonds is 6. The highest BCUT2D eigenvalue weighted by molar-refractivity contribution is 7.22. The number of amides is 1. The predicted octanol–water partition coefficient (Wildman–Crippen LogP) is 6.44. The minimum absolute atomic E-state index is 0.00360. The fourth-order valence-corrected chi connectivity index (χ4v) is 4.85. The Hall–Kier alpha value is -3.83. The molecule has 162 valence electrons. The van der Waals surface area contributed by atoms with E-state index in [9.17, 15) is 4.79 Å². The summed E-state index contributed by atoms with van der Waals surface area (Å²) in [6.45, 7) is 2.45. The van der Waals surface area contributed by atoms with Crippen LogP contribution in [0.25, 0.3) is 21.3 Å². The zero-order valence-corrected chi connectivity index (χ0v) is 19.1. The van der Waals surface area contributed by atoms with Gasteiger partial charge in [0.05, 0.1) is 28.9 Å². The summed E-state index contributed by atoms with van der Waals surface area (Å²) < 4.78 is 1.08. The molecule has 0 N–H and O–H groups in total. The molecule has 5 heteroatoms. The first kappa shape index (κ1) is 21.0. The summed E-state index contributed by atoms with van der Waals surface area (Å²) in [5, 5.41) is 0.701. The van der Waals surface area contributed by atoms with Gasteiger partial charge in [0.25, 0.3) is 0 Å². The molecular weight excluding hydrogens is 426 g/mol. The highest BCUT2D eigenvalue weighted by atomic mass is 32.1. The summed E-state index contributed by atoms with van der Waals surface area (Å²) in [7, 11) is 0. The van der Waals surface area contributed by atoms with Crippen LogP contribution in [0.4, 0.5) is 5.13 Å². The van der Waals surface area contributed by atoms with Crippen molar-refractivity contribution in [3.63, 3.8) is 0 Å². The third-order valence-corrected chi connectivity index (χ3v) is 6.57. The van der Waals surface area contributed by atoms with Crippen LogP contribution in [0.1, 0.15) is 16.8 Å². The van der Waals surface area contributed by atoms with E-state index in [-0.39, 0.29) is 5.91 Å². The Morgan fingerprint density at radius 3 is 2.39 bits per heavy atom. The van der Waals surface area contributed by atoms with Crippen molar-refractivity contribution in [2.45, 2.75) is 19.9 Å². The van der Waals surface area contributed by atoms with Gasteiger partial charge in [0.1, 0.15) is 0 Å². The van der Waals surface area contributed by atoms with Crippen molar-refractivity contribution in [3.05, 3.63) is 114 Å². The molecule has 0 aliphatic rings. The minimum Gasteiger partial charge on any atom is -0.282 e. The second kappa shape index (κ2) is 9.35. The van der Waals surface area contributed by atoms with Gasteiger partial charge in [0.2, 0.25) is 5.91 Å². The Morgan fingerprint density at radius 1 is 0.879 bits per heavy atom. The molecule has 0 saturated heterocycles. The van der Waals surface area contributed by atoms with Crippen molar-refractivity contribution >= 4 is 32.6 Å². The van der Waals surface area contributed by atoms with Crippen molar-refractivity contribution in [3.8, 4) is 11.1 Å². The molecule has 0 unspecified atom stereocenters. The van der Waals surface area contributed by atoms with Crippen LogP contribution in [0.3, 0.4) is 0 Å². The lowest BCUT2D eigenvalue weighted by Crippen LogP contribution is -2.32. The lowest BCUT2D eigenvalue weighted by Gasteiger charge is -2.19. The fraction of sp³-hybridized carbons (Fsp3) is 0.107. The van der Waals surface area contributed by atoms with E-state index in [2.05, 4.69) is 42.2 Å². The van der Waals surface area contributed by atoms with Crippen LogP contribution in [-0.2, 0) is 17.8 Å². The monoisotopic (exact) mass is 449 g/mol. The topological polar surface area (TPSA) is 46.1 Å². The number of nitrogens with zero attached hydrogens (tertiary/aromatic N) is 3.